The van der Waals surface area contributed by atoms with E-state index in [2.05, 4.69) is 143 Å². The van der Waals surface area contributed by atoms with E-state index in [1.165, 1.54) is 10.8 Å². The van der Waals surface area contributed by atoms with Gasteiger partial charge in [0, 0.05) is 54.2 Å². The molecule has 0 radical (unpaired) electrons. The van der Waals surface area contributed by atoms with E-state index in [1.54, 1.807) is 0 Å². The molecule has 58 heavy (non-hydrogen) atoms. The standard InChI is InChI=1S/C51H29N5O2/c1-6-20-39-31(13-1)32-14-2-7-21-40(32)55(39)43-24-11-18-36-47-37(19-12-26-46(47)58-48(36)43)50-52-49(30-27-28-45-38(29-30)35-17-5-10-25-44(35)57-45)53-51(54-50)56-41-22-8-3-15-33(41)34-16-4-9-23-42(34)56/h1-29H. The van der Waals surface area contributed by atoms with Crippen LogP contribution < -0.4 is 0 Å². The molecule has 5 aromatic heterocycles. The van der Waals surface area contributed by atoms with Crippen LogP contribution >= 0.6 is 0 Å². The van der Waals surface area contributed by atoms with Gasteiger partial charge in [-0.05, 0) is 60.7 Å². The first-order valence-electron chi connectivity index (χ1n) is 19.4. The molecule has 0 unspecified atom stereocenters. The molecule has 0 bridgehead atoms. The Hall–Kier alpha value is -8.03. The fourth-order valence-electron chi connectivity index (χ4n) is 9.09. The molecule has 270 valence electrons. The van der Waals surface area contributed by atoms with Gasteiger partial charge in [0.2, 0.25) is 5.95 Å². The molecule has 13 aromatic rings. The summed E-state index contributed by atoms with van der Waals surface area (Å²) in [5.74, 6) is 1.64. The minimum Gasteiger partial charge on any atom is -0.456 e. The molecule has 5 heterocycles. The molecule has 0 fully saturated rings. The molecule has 7 heteroatoms. The van der Waals surface area contributed by atoms with Crippen LogP contribution in [0.4, 0.5) is 0 Å². The van der Waals surface area contributed by atoms with Crippen LogP contribution in [-0.4, -0.2) is 24.1 Å². The number of rotatable bonds is 4. The molecule has 0 atom stereocenters. The van der Waals surface area contributed by atoms with Crippen molar-refractivity contribution < 1.29 is 8.83 Å². The van der Waals surface area contributed by atoms with Crippen molar-refractivity contribution in [1.82, 2.24) is 24.1 Å². The summed E-state index contributed by atoms with van der Waals surface area (Å²) in [5, 5.41) is 8.65. The van der Waals surface area contributed by atoms with E-state index in [9.17, 15) is 0 Å². The Kier molecular flexibility index (Phi) is 6.32. The third kappa shape index (κ3) is 4.35. The summed E-state index contributed by atoms with van der Waals surface area (Å²) in [4.78, 5) is 15.9. The Balaban J connectivity index is 1.10. The van der Waals surface area contributed by atoms with Crippen LogP contribution in [0.3, 0.4) is 0 Å². The number of benzene rings is 8. The Morgan fingerprint density at radius 3 is 1.59 bits per heavy atom. The minimum absolute atomic E-state index is 0.533. The molecule has 0 aliphatic carbocycles. The van der Waals surface area contributed by atoms with E-state index in [0.717, 1.165) is 93.5 Å². The van der Waals surface area contributed by atoms with Crippen molar-refractivity contribution in [2.24, 2.45) is 0 Å². The smallest absolute Gasteiger partial charge is 0.238 e. The molecule has 0 aliphatic rings. The first kappa shape index (κ1) is 31.2. The highest BCUT2D eigenvalue weighted by molar-refractivity contribution is 6.16. The quantitative estimate of drug-likeness (QED) is 0.179. The van der Waals surface area contributed by atoms with Gasteiger partial charge in [0.1, 0.15) is 16.7 Å². The molecule has 0 saturated heterocycles. The largest absolute Gasteiger partial charge is 0.456 e. The van der Waals surface area contributed by atoms with Gasteiger partial charge in [-0.25, -0.2) is 4.98 Å². The monoisotopic (exact) mass is 743 g/mol. The summed E-state index contributed by atoms with van der Waals surface area (Å²) in [7, 11) is 0. The van der Waals surface area contributed by atoms with E-state index in [4.69, 9.17) is 23.8 Å². The number of hydrogen-bond acceptors (Lipinski definition) is 5. The maximum Gasteiger partial charge on any atom is 0.238 e. The second-order valence-electron chi connectivity index (χ2n) is 14.8. The molecule has 7 nitrogen and oxygen atoms in total. The molecule has 8 aromatic carbocycles. The predicted octanol–water partition coefficient (Wildman–Crippen LogP) is 13.2. The van der Waals surface area contributed by atoms with Crippen LogP contribution in [-0.2, 0) is 0 Å². The van der Waals surface area contributed by atoms with Crippen LogP contribution in [0.2, 0.25) is 0 Å². The molecular weight excluding hydrogens is 715 g/mol. The van der Waals surface area contributed by atoms with Crippen LogP contribution in [0.1, 0.15) is 0 Å². The maximum absolute atomic E-state index is 6.87. The molecule has 0 N–H and O–H groups in total. The van der Waals surface area contributed by atoms with E-state index in [1.807, 2.05) is 42.5 Å². The van der Waals surface area contributed by atoms with Crippen LogP contribution in [0.15, 0.2) is 185 Å². The first-order chi connectivity index (χ1) is 28.8. The van der Waals surface area contributed by atoms with Crippen molar-refractivity contribution in [2.45, 2.75) is 0 Å². The lowest BCUT2D eigenvalue weighted by molar-refractivity contribution is 0.666. The van der Waals surface area contributed by atoms with E-state index >= 15 is 0 Å². The van der Waals surface area contributed by atoms with Crippen molar-refractivity contribution in [3.8, 4) is 34.4 Å². The van der Waals surface area contributed by atoms with Crippen LogP contribution in [0, 0.1) is 0 Å². The lowest BCUT2D eigenvalue weighted by atomic mass is 10.0. The first-order valence-corrected chi connectivity index (χ1v) is 19.4. The zero-order valence-corrected chi connectivity index (χ0v) is 30.8. The van der Waals surface area contributed by atoms with Crippen molar-refractivity contribution >= 4 is 87.5 Å². The third-order valence-corrected chi connectivity index (χ3v) is 11.6. The summed E-state index contributed by atoms with van der Waals surface area (Å²) in [6.07, 6.45) is 0. The fraction of sp³-hybridized carbons (Fsp3) is 0. The Labute approximate surface area is 329 Å². The van der Waals surface area contributed by atoms with Gasteiger partial charge in [-0.3, -0.25) is 4.57 Å². The zero-order chi connectivity index (χ0) is 37.9. The van der Waals surface area contributed by atoms with E-state index in [0.29, 0.717) is 17.6 Å². The van der Waals surface area contributed by atoms with E-state index in [-0.39, 0.29) is 0 Å². The van der Waals surface area contributed by atoms with Gasteiger partial charge in [0.05, 0.1) is 27.8 Å². The highest BCUT2D eigenvalue weighted by Crippen LogP contribution is 2.42. The molecule has 0 aliphatic heterocycles. The summed E-state index contributed by atoms with van der Waals surface area (Å²) < 4.78 is 17.5. The minimum atomic E-state index is 0.533. The average molecular weight is 744 g/mol. The topological polar surface area (TPSA) is 74.8 Å². The Morgan fingerprint density at radius 2 is 0.897 bits per heavy atom. The SMILES string of the molecule is c1ccc2c(c1)oc1ccc(-c3nc(-c4cccc5oc6c(-n7c8ccccc8c8ccccc87)cccc6c45)nc(-n4c5ccccc5c5ccccc54)n3)cc12. The highest BCUT2D eigenvalue weighted by Gasteiger charge is 2.23. The second kappa shape index (κ2) is 11.7. The van der Waals surface area contributed by atoms with Crippen molar-refractivity contribution in [3.63, 3.8) is 0 Å². The van der Waals surface area contributed by atoms with Gasteiger partial charge >= 0.3 is 0 Å². The lowest BCUT2D eigenvalue weighted by Gasteiger charge is -2.11. The van der Waals surface area contributed by atoms with Crippen LogP contribution in [0.5, 0.6) is 0 Å². The summed E-state index contributed by atoms with van der Waals surface area (Å²) in [5.41, 5.74) is 10.2. The Morgan fingerprint density at radius 1 is 0.362 bits per heavy atom. The lowest BCUT2D eigenvalue weighted by Crippen LogP contribution is -2.06. The van der Waals surface area contributed by atoms with Gasteiger partial charge in [-0.1, -0.05) is 115 Å². The molecule has 0 amide bonds. The molecule has 13 rings (SSSR count). The van der Waals surface area contributed by atoms with Crippen LogP contribution in [0.25, 0.3) is 122 Å². The maximum atomic E-state index is 6.87. The van der Waals surface area contributed by atoms with E-state index < -0.39 is 0 Å². The third-order valence-electron chi connectivity index (χ3n) is 11.6. The van der Waals surface area contributed by atoms with Crippen molar-refractivity contribution in [2.75, 3.05) is 0 Å². The summed E-state index contributed by atoms with van der Waals surface area (Å²) in [6, 6.07) is 60.7. The van der Waals surface area contributed by atoms with Crippen molar-refractivity contribution in [3.05, 3.63) is 176 Å². The van der Waals surface area contributed by atoms with Gasteiger partial charge in [0.15, 0.2) is 17.2 Å². The number of aromatic nitrogens is 5. The average Bonchev–Trinajstić information content (AvgIpc) is 4.04. The summed E-state index contributed by atoms with van der Waals surface area (Å²) in [6.45, 7) is 0. The number of nitrogens with zero attached hydrogens (tertiary/aromatic N) is 5. The number of furan rings is 2. The Bertz CT molecular complexity index is 3720. The number of para-hydroxylation sites is 6. The predicted molar refractivity (Wildman–Crippen MR) is 234 cm³/mol. The van der Waals surface area contributed by atoms with Gasteiger partial charge in [-0.2, -0.15) is 9.97 Å². The second-order valence-corrected chi connectivity index (χ2v) is 14.8. The normalized spacial score (nSPS) is 12.1. The van der Waals surface area contributed by atoms with Gasteiger partial charge < -0.3 is 13.4 Å². The highest BCUT2D eigenvalue weighted by atomic mass is 16.3. The zero-order valence-electron chi connectivity index (χ0n) is 30.8. The molecule has 0 spiro atoms. The van der Waals surface area contributed by atoms with Gasteiger partial charge in [0.25, 0.3) is 0 Å². The molecular formula is C51H29N5O2. The summed E-state index contributed by atoms with van der Waals surface area (Å²) >= 11 is 0. The number of hydrogen-bond donors (Lipinski definition) is 0. The number of fused-ring (bicyclic) bond motifs is 12. The molecule has 0 saturated carbocycles. The fourth-order valence-corrected chi connectivity index (χ4v) is 9.09. The van der Waals surface area contributed by atoms with Crippen molar-refractivity contribution in [1.29, 1.82) is 0 Å². The van der Waals surface area contributed by atoms with Gasteiger partial charge in [-0.15, -0.1) is 0 Å².